The molecule has 0 spiro atoms. The molecule has 1 rings (SSSR count). The molecule has 0 aromatic rings. The summed E-state index contributed by atoms with van der Waals surface area (Å²) in [5.41, 5.74) is 0. The Morgan fingerprint density at radius 1 is 1.64 bits per heavy atom. The van der Waals surface area contributed by atoms with Crippen LogP contribution in [0, 0.1) is 5.92 Å². The number of carbonyl (C=O) groups is 1. The number of rotatable bonds is 2. The van der Waals surface area contributed by atoms with Crippen LogP contribution < -0.4 is 0 Å². The predicted molar refractivity (Wildman–Crippen MR) is 59.4 cm³/mol. The first-order valence-corrected chi connectivity index (χ1v) is 6.07. The molecule has 0 aliphatic carbocycles. The molecule has 82 valence electrons. The molecule has 1 aliphatic heterocycles. The van der Waals surface area contributed by atoms with Crippen molar-refractivity contribution in [2.45, 2.75) is 37.6 Å². The Labute approximate surface area is 93.6 Å². The third-order valence-corrected chi connectivity index (χ3v) is 3.61. The van der Waals surface area contributed by atoms with Crippen molar-refractivity contribution in [1.29, 1.82) is 0 Å². The van der Waals surface area contributed by atoms with Crippen LogP contribution in [0.3, 0.4) is 0 Å². The standard InChI is InChI=1S/C10H18BrNO2/c1-3-9(11)10(14)12-5-7(2)4-8(13)6-12/h7-9,13H,3-6H2,1-2H3/t7-,8+,9?/m0/s1. The van der Waals surface area contributed by atoms with Gasteiger partial charge in [-0.05, 0) is 18.8 Å². The van der Waals surface area contributed by atoms with E-state index in [4.69, 9.17) is 0 Å². The van der Waals surface area contributed by atoms with Gasteiger partial charge >= 0.3 is 0 Å². The maximum absolute atomic E-state index is 11.8. The summed E-state index contributed by atoms with van der Waals surface area (Å²) in [7, 11) is 0. The smallest absolute Gasteiger partial charge is 0.236 e. The van der Waals surface area contributed by atoms with Gasteiger partial charge in [-0.25, -0.2) is 0 Å². The van der Waals surface area contributed by atoms with Gasteiger partial charge in [0.2, 0.25) is 5.91 Å². The summed E-state index contributed by atoms with van der Waals surface area (Å²) in [5.74, 6) is 0.511. The van der Waals surface area contributed by atoms with E-state index in [1.807, 2.05) is 6.92 Å². The van der Waals surface area contributed by atoms with Crippen LogP contribution in [-0.2, 0) is 4.79 Å². The maximum Gasteiger partial charge on any atom is 0.236 e. The van der Waals surface area contributed by atoms with E-state index in [2.05, 4.69) is 22.9 Å². The number of amides is 1. The van der Waals surface area contributed by atoms with E-state index < -0.39 is 0 Å². The SMILES string of the molecule is CCC(Br)C(=O)N1C[C@@H](C)C[C@@H](O)C1. The van der Waals surface area contributed by atoms with Gasteiger partial charge in [-0.2, -0.15) is 0 Å². The summed E-state index contributed by atoms with van der Waals surface area (Å²) in [5, 5.41) is 9.54. The molecule has 1 saturated heterocycles. The number of aliphatic hydroxyl groups excluding tert-OH is 1. The van der Waals surface area contributed by atoms with Gasteiger partial charge in [-0.15, -0.1) is 0 Å². The number of alkyl halides is 1. The Bertz CT molecular complexity index is 200. The highest BCUT2D eigenvalue weighted by atomic mass is 79.9. The molecule has 1 aliphatic rings. The fourth-order valence-electron chi connectivity index (χ4n) is 1.87. The third kappa shape index (κ3) is 2.95. The van der Waals surface area contributed by atoms with Gasteiger partial charge in [0.05, 0.1) is 10.9 Å². The van der Waals surface area contributed by atoms with Gasteiger partial charge in [0, 0.05) is 13.1 Å². The number of hydrogen-bond acceptors (Lipinski definition) is 2. The molecular formula is C10H18BrNO2. The molecule has 4 heteroatoms. The maximum atomic E-state index is 11.8. The van der Waals surface area contributed by atoms with Crippen LogP contribution in [-0.4, -0.2) is 39.9 Å². The summed E-state index contributed by atoms with van der Waals surface area (Å²) in [6.45, 7) is 5.31. The lowest BCUT2D eigenvalue weighted by atomic mass is 9.97. The number of piperidine rings is 1. The van der Waals surface area contributed by atoms with Crippen molar-refractivity contribution in [3.63, 3.8) is 0 Å². The second kappa shape index (κ2) is 5.12. The molecule has 1 N–H and O–H groups in total. The number of likely N-dealkylation sites (tertiary alicyclic amines) is 1. The third-order valence-electron chi connectivity index (χ3n) is 2.58. The molecule has 1 unspecified atom stereocenters. The second-order valence-electron chi connectivity index (χ2n) is 4.11. The summed E-state index contributed by atoms with van der Waals surface area (Å²) >= 11 is 3.34. The molecular weight excluding hydrogens is 246 g/mol. The Kier molecular flexibility index (Phi) is 4.38. The lowest BCUT2D eigenvalue weighted by molar-refractivity contribution is -0.134. The molecule has 1 fully saturated rings. The number of hydrogen-bond donors (Lipinski definition) is 1. The summed E-state index contributed by atoms with van der Waals surface area (Å²) in [6.07, 6.45) is 1.25. The second-order valence-corrected chi connectivity index (χ2v) is 5.22. The van der Waals surface area contributed by atoms with E-state index in [9.17, 15) is 9.90 Å². The first-order valence-electron chi connectivity index (χ1n) is 5.15. The van der Waals surface area contributed by atoms with Crippen LogP contribution in [0.25, 0.3) is 0 Å². The lowest BCUT2D eigenvalue weighted by Gasteiger charge is -2.35. The van der Waals surface area contributed by atoms with Crippen LogP contribution in [0.2, 0.25) is 0 Å². The topological polar surface area (TPSA) is 40.5 Å². The monoisotopic (exact) mass is 263 g/mol. The minimum Gasteiger partial charge on any atom is -0.391 e. The molecule has 0 bridgehead atoms. The molecule has 14 heavy (non-hydrogen) atoms. The number of β-amino-alcohol motifs (C(OH)–C–C–N with tert-alkyl or cyclic N) is 1. The van der Waals surface area contributed by atoms with Gasteiger partial charge in [-0.3, -0.25) is 4.79 Å². The van der Waals surface area contributed by atoms with Crippen LogP contribution in [0.15, 0.2) is 0 Å². The minimum atomic E-state index is -0.348. The Hall–Kier alpha value is -0.0900. The fraction of sp³-hybridized carbons (Fsp3) is 0.900. The van der Waals surface area contributed by atoms with E-state index in [-0.39, 0.29) is 16.8 Å². The number of halogens is 1. The van der Waals surface area contributed by atoms with Gasteiger partial charge < -0.3 is 10.0 Å². The highest BCUT2D eigenvalue weighted by molar-refractivity contribution is 9.10. The minimum absolute atomic E-state index is 0.0972. The van der Waals surface area contributed by atoms with E-state index in [1.54, 1.807) is 4.90 Å². The molecule has 1 amide bonds. The summed E-state index contributed by atoms with van der Waals surface area (Å²) < 4.78 is 0. The van der Waals surface area contributed by atoms with Crippen molar-refractivity contribution >= 4 is 21.8 Å². The normalized spacial score (nSPS) is 30.1. The van der Waals surface area contributed by atoms with E-state index in [0.717, 1.165) is 19.4 Å². The van der Waals surface area contributed by atoms with Crippen LogP contribution in [0.4, 0.5) is 0 Å². The van der Waals surface area contributed by atoms with Crippen LogP contribution >= 0.6 is 15.9 Å². The zero-order valence-corrected chi connectivity index (χ0v) is 10.3. The summed E-state index contributed by atoms with van der Waals surface area (Å²) in [6, 6.07) is 0. The van der Waals surface area contributed by atoms with Crippen LogP contribution in [0.5, 0.6) is 0 Å². The fourth-order valence-corrected chi connectivity index (χ4v) is 2.16. The molecule has 1 heterocycles. The van der Waals surface area contributed by atoms with E-state index >= 15 is 0 Å². The van der Waals surface area contributed by atoms with Crippen molar-refractivity contribution in [3.05, 3.63) is 0 Å². The van der Waals surface area contributed by atoms with Crippen molar-refractivity contribution in [1.82, 2.24) is 4.90 Å². The first-order chi connectivity index (χ1) is 6.54. The highest BCUT2D eigenvalue weighted by Crippen LogP contribution is 2.19. The average Bonchev–Trinajstić information content (AvgIpc) is 2.14. The molecule has 0 aromatic heterocycles. The quantitative estimate of drug-likeness (QED) is 0.766. The van der Waals surface area contributed by atoms with Crippen molar-refractivity contribution in [2.24, 2.45) is 5.92 Å². The van der Waals surface area contributed by atoms with Crippen molar-refractivity contribution in [3.8, 4) is 0 Å². The highest BCUT2D eigenvalue weighted by Gasteiger charge is 2.28. The van der Waals surface area contributed by atoms with E-state index in [1.165, 1.54) is 0 Å². The molecule has 0 aromatic carbocycles. The zero-order valence-electron chi connectivity index (χ0n) is 8.74. The lowest BCUT2D eigenvalue weighted by Crippen LogP contribution is -2.48. The van der Waals surface area contributed by atoms with Gasteiger partial charge in [0.15, 0.2) is 0 Å². The molecule has 3 nitrogen and oxygen atoms in total. The average molecular weight is 264 g/mol. The van der Waals surface area contributed by atoms with Gasteiger partial charge in [-0.1, -0.05) is 29.8 Å². The predicted octanol–water partition coefficient (Wildman–Crippen LogP) is 1.39. The molecule has 3 atom stereocenters. The molecule has 0 radical (unpaired) electrons. The molecule has 0 saturated carbocycles. The van der Waals surface area contributed by atoms with E-state index in [0.29, 0.717) is 12.5 Å². The van der Waals surface area contributed by atoms with Crippen molar-refractivity contribution < 1.29 is 9.90 Å². The number of nitrogens with zero attached hydrogens (tertiary/aromatic N) is 1. The Morgan fingerprint density at radius 2 is 2.29 bits per heavy atom. The summed E-state index contributed by atoms with van der Waals surface area (Å²) in [4.78, 5) is 13.5. The Morgan fingerprint density at radius 3 is 2.79 bits per heavy atom. The van der Waals surface area contributed by atoms with Gasteiger partial charge in [0.25, 0.3) is 0 Å². The Balaban J connectivity index is 2.54. The first kappa shape index (κ1) is 12.0. The zero-order chi connectivity index (χ0) is 10.7. The number of carbonyl (C=O) groups excluding carboxylic acids is 1. The number of aliphatic hydroxyl groups is 1. The van der Waals surface area contributed by atoms with Crippen molar-refractivity contribution in [2.75, 3.05) is 13.1 Å². The van der Waals surface area contributed by atoms with Gasteiger partial charge in [0.1, 0.15) is 0 Å². The van der Waals surface area contributed by atoms with Crippen LogP contribution in [0.1, 0.15) is 26.7 Å². The largest absolute Gasteiger partial charge is 0.391 e.